The quantitative estimate of drug-likeness (QED) is 0.329. The average Bonchev–Trinajstić information content (AvgIpc) is 2.08. The lowest BCUT2D eigenvalue weighted by Gasteiger charge is -2.27. The lowest BCUT2D eigenvalue weighted by Crippen LogP contribution is -2.48. The molecule has 0 amide bonds. The summed E-state index contributed by atoms with van der Waals surface area (Å²) < 4.78 is 72.7. The highest BCUT2D eigenvalue weighted by Gasteiger charge is 2.53. The number of allylic oxidation sites excluding steroid dienone is 1. The summed E-state index contributed by atoms with van der Waals surface area (Å²) in [6.07, 6.45) is -10.8. The first-order valence-electron chi connectivity index (χ1n) is 4.12. The van der Waals surface area contributed by atoms with Crippen molar-refractivity contribution in [1.82, 2.24) is 4.90 Å². The third-order valence-electron chi connectivity index (χ3n) is 1.94. The van der Waals surface area contributed by atoms with Gasteiger partial charge in [-0.25, -0.2) is 0 Å². The second-order valence-electron chi connectivity index (χ2n) is 3.22. The lowest BCUT2D eigenvalue weighted by molar-refractivity contribution is -0.370. The number of alkyl halides is 7. The van der Waals surface area contributed by atoms with E-state index in [4.69, 9.17) is 0 Å². The summed E-state index contributed by atoms with van der Waals surface area (Å²) >= 11 is 2.97. The Labute approximate surface area is 97.2 Å². The summed E-state index contributed by atoms with van der Waals surface area (Å²) in [4.78, 5) is -1.44. The van der Waals surface area contributed by atoms with Crippen molar-refractivity contribution >= 4 is 15.9 Å². The minimum Gasteiger partial charge on any atom is -0.155 e. The summed E-state index contributed by atoms with van der Waals surface area (Å²) in [5.41, 5.74) is 0.477. The van der Waals surface area contributed by atoms with E-state index in [1.54, 1.807) is 0 Å². The predicted octanol–water partition coefficient (Wildman–Crippen LogP) is 4.06. The molecule has 0 atom stereocenters. The van der Waals surface area contributed by atoms with Crippen LogP contribution >= 0.6 is 15.9 Å². The molecule has 0 radical (unpaired) electrons. The second-order valence-corrected chi connectivity index (χ2v) is 3.78. The molecule has 0 fully saturated rings. The average molecular weight is 314 g/mol. The fourth-order valence-electron chi connectivity index (χ4n) is 0.809. The van der Waals surface area contributed by atoms with Crippen LogP contribution in [0.3, 0.4) is 0 Å². The molecule has 0 rings (SSSR count). The molecular formula is C8H10BrF6N. The standard InChI is InChI=1S/C8H10BrF6N/c1-5(3-9)6(2)4-16(7(10,11)12)8(13,14)15/h3-4H2,1-2H3/b6-5-. The topological polar surface area (TPSA) is 3.24 Å². The summed E-state index contributed by atoms with van der Waals surface area (Å²) in [6, 6.07) is 0. The van der Waals surface area contributed by atoms with Crippen molar-refractivity contribution in [2.45, 2.75) is 26.4 Å². The monoisotopic (exact) mass is 313 g/mol. The van der Waals surface area contributed by atoms with E-state index in [2.05, 4.69) is 15.9 Å². The van der Waals surface area contributed by atoms with Crippen LogP contribution < -0.4 is 0 Å². The highest BCUT2D eigenvalue weighted by atomic mass is 79.9. The van der Waals surface area contributed by atoms with E-state index >= 15 is 0 Å². The van der Waals surface area contributed by atoms with Gasteiger partial charge in [-0.2, -0.15) is 26.3 Å². The fraction of sp³-hybridized carbons (Fsp3) is 0.750. The molecule has 0 spiro atoms. The maximum Gasteiger partial charge on any atom is 0.467 e. The third-order valence-corrected chi connectivity index (χ3v) is 2.78. The normalized spacial score (nSPS) is 15.4. The van der Waals surface area contributed by atoms with Gasteiger partial charge in [0.2, 0.25) is 0 Å². The molecule has 1 nitrogen and oxygen atoms in total. The zero-order chi connectivity index (χ0) is 13.1. The lowest BCUT2D eigenvalue weighted by atomic mass is 10.2. The van der Waals surface area contributed by atoms with Crippen molar-refractivity contribution in [1.29, 1.82) is 0 Å². The molecular weight excluding hydrogens is 304 g/mol. The second kappa shape index (κ2) is 5.39. The molecule has 0 aromatic rings. The Morgan fingerprint density at radius 2 is 1.31 bits per heavy atom. The zero-order valence-corrected chi connectivity index (χ0v) is 10.1. The van der Waals surface area contributed by atoms with E-state index < -0.39 is 24.0 Å². The van der Waals surface area contributed by atoms with Gasteiger partial charge < -0.3 is 0 Å². The first-order chi connectivity index (χ1) is 7.00. The Balaban J connectivity index is 4.99. The molecule has 0 unspecified atom stereocenters. The largest absolute Gasteiger partial charge is 0.467 e. The van der Waals surface area contributed by atoms with Crippen LogP contribution in [0.1, 0.15) is 13.8 Å². The molecule has 0 aromatic heterocycles. The molecule has 0 N–H and O–H groups in total. The van der Waals surface area contributed by atoms with Crippen LogP contribution in [0.25, 0.3) is 0 Å². The number of hydrogen-bond donors (Lipinski definition) is 0. The number of nitrogens with zero attached hydrogens (tertiary/aromatic N) is 1. The van der Waals surface area contributed by atoms with Gasteiger partial charge in [-0.15, -0.1) is 4.90 Å². The first kappa shape index (κ1) is 15.8. The van der Waals surface area contributed by atoms with Crippen LogP contribution in [0.2, 0.25) is 0 Å². The maximum absolute atomic E-state index is 12.1. The molecule has 0 heterocycles. The molecule has 8 heteroatoms. The highest BCUT2D eigenvalue weighted by Crippen LogP contribution is 2.34. The van der Waals surface area contributed by atoms with Crippen molar-refractivity contribution in [2.75, 3.05) is 11.9 Å². The Kier molecular flexibility index (Phi) is 5.31. The van der Waals surface area contributed by atoms with Crippen LogP contribution in [0.4, 0.5) is 26.3 Å². The van der Waals surface area contributed by atoms with Gasteiger partial charge in [-0.3, -0.25) is 0 Å². The van der Waals surface area contributed by atoms with Crippen molar-refractivity contribution in [3.05, 3.63) is 11.1 Å². The molecule has 0 aromatic carbocycles. The minimum atomic E-state index is -5.42. The van der Waals surface area contributed by atoms with Crippen molar-refractivity contribution in [2.24, 2.45) is 0 Å². The number of hydrogen-bond acceptors (Lipinski definition) is 1. The van der Waals surface area contributed by atoms with E-state index in [-0.39, 0.29) is 10.9 Å². The Morgan fingerprint density at radius 1 is 0.938 bits per heavy atom. The van der Waals surface area contributed by atoms with Crippen molar-refractivity contribution in [3.63, 3.8) is 0 Å². The van der Waals surface area contributed by atoms with E-state index in [1.807, 2.05) is 0 Å². The van der Waals surface area contributed by atoms with Crippen LogP contribution in [-0.2, 0) is 0 Å². The molecule has 0 saturated heterocycles. The Morgan fingerprint density at radius 3 is 1.56 bits per heavy atom. The fourth-order valence-corrected chi connectivity index (χ4v) is 1.29. The van der Waals surface area contributed by atoms with Crippen molar-refractivity contribution in [3.8, 4) is 0 Å². The van der Waals surface area contributed by atoms with Gasteiger partial charge in [0.15, 0.2) is 0 Å². The summed E-state index contributed by atoms with van der Waals surface area (Å²) in [5, 5.41) is 0.238. The summed E-state index contributed by atoms with van der Waals surface area (Å²) in [7, 11) is 0. The molecule has 0 aliphatic carbocycles. The zero-order valence-electron chi connectivity index (χ0n) is 8.51. The molecule has 0 bridgehead atoms. The van der Waals surface area contributed by atoms with Gasteiger partial charge in [0.1, 0.15) is 0 Å². The van der Waals surface area contributed by atoms with Gasteiger partial charge in [0.05, 0.1) is 0 Å². The van der Waals surface area contributed by atoms with Crippen LogP contribution in [-0.4, -0.2) is 29.4 Å². The predicted molar refractivity (Wildman–Crippen MR) is 51.0 cm³/mol. The minimum absolute atomic E-state index is 0.0338. The third kappa shape index (κ3) is 4.73. The molecule has 96 valence electrons. The van der Waals surface area contributed by atoms with Gasteiger partial charge in [-0.05, 0) is 13.8 Å². The van der Waals surface area contributed by atoms with Crippen LogP contribution in [0.15, 0.2) is 11.1 Å². The van der Waals surface area contributed by atoms with Crippen molar-refractivity contribution < 1.29 is 26.3 Å². The highest BCUT2D eigenvalue weighted by molar-refractivity contribution is 9.09. The van der Waals surface area contributed by atoms with Crippen LogP contribution in [0.5, 0.6) is 0 Å². The molecule has 0 aliphatic rings. The summed E-state index contributed by atoms with van der Waals surface area (Å²) in [6.45, 7) is 1.50. The van der Waals surface area contributed by atoms with E-state index in [0.29, 0.717) is 5.57 Å². The van der Waals surface area contributed by atoms with Gasteiger partial charge in [-0.1, -0.05) is 27.1 Å². The number of rotatable bonds is 3. The van der Waals surface area contributed by atoms with E-state index in [9.17, 15) is 26.3 Å². The van der Waals surface area contributed by atoms with E-state index in [1.165, 1.54) is 13.8 Å². The first-order valence-corrected chi connectivity index (χ1v) is 5.24. The maximum atomic E-state index is 12.1. The SMILES string of the molecule is C/C(CBr)=C(\C)CN(C(F)(F)F)C(F)(F)F. The van der Waals surface area contributed by atoms with Gasteiger partial charge in [0, 0.05) is 11.9 Å². The van der Waals surface area contributed by atoms with Gasteiger partial charge >= 0.3 is 12.6 Å². The Hall–Kier alpha value is -0.240. The summed E-state index contributed by atoms with van der Waals surface area (Å²) in [5.74, 6) is 0. The molecule has 0 saturated carbocycles. The number of halogens is 7. The Bertz CT molecular complexity index is 253. The van der Waals surface area contributed by atoms with Gasteiger partial charge in [0.25, 0.3) is 0 Å². The molecule has 16 heavy (non-hydrogen) atoms. The van der Waals surface area contributed by atoms with Crippen LogP contribution in [0, 0.1) is 0 Å². The van der Waals surface area contributed by atoms with E-state index in [0.717, 1.165) is 0 Å². The smallest absolute Gasteiger partial charge is 0.155 e. The molecule has 0 aliphatic heterocycles.